The molecule has 2 saturated carbocycles. The highest BCUT2D eigenvalue weighted by Crippen LogP contribution is 2.43. The fourth-order valence-electron chi connectivity index (χ4n) is 3.11. The van der Waals surface area contributed by atoms with Crippen LogP contribution in [0.5, 0.6) is 0 Å². The molecule has 4 rings (SSSR count). The number of fused-ring (bicyclic) bond motifs is 1. The number of rotatable bonds is 2. The van der Waals surface area contributed by atoms with Crippen molar-refractivity contribution in [2.45, 2.75) is 50.9 Å². The molecule has 2 aliphatic carbocycles. The number of hydrogen-bond acceptors (Lipinski definition) is 1. The SMILES string of the molecule is Cc1nn2c(C3CC3)cccc2c1C1CCC1. The lowest BCUT2D eigenvalue weighted by atomic mass is 9.79. The second-order valence-electron chi connectivity index (χ2n) is 5.65. The molecule has 0 saturated heterocycles. The molecule has 0 unspecified atom stereocenters. The standard InChI is InChI=1S/C15H18N2/c1-10-15(12-4-2-5-12)14-7-3-6-13(11-8-9-11)17(14)16-10/h3,6-7,11-12H,2,4-5,8-9H2,1H3. The van der Waals surface area contributed by atoms with Gasteiger partial charge in [-0.15, -0.1) is 0 Å². The Bertz CT molecular complexity index is 574. The molecule has 88 valence electrons. The van der Waals surface area contributed by atoms with Crippen molar-refractivity contribution in [3.05, 3.63) is 35.2 Å². The van der Waals surface area contributed by atoms with E-state index in [9.17, 15) is 0 Å². The molecule has 2 fully saturated rings. The molecule has 0 spiro atoms. The Labute approximate surface area is 102 Å². The van der Waals surface area contributed by atoms with Gasteiger partial charge in [0, 0.05) is 17.2 Å². The van der Waals surface area contributed by atoms with E-state index in [4.69, 9.17) is 5.10 Å². The summed E-state index contributed by atoms with van der Waals surface area (Å²) in [6, 6.07) is 6.72. The summed E-state index contributed by atoms with van der Waals surface area (Å²) < 4.78 is 2.22. The number of nitrogens with zero attached hydrogens (tertiary/aromatic N) is 2. The van der Waals surface area contributed by atoms with Crippen LogP contribution in [0.3, 0.4) is 0 Å². The van der Waals surface area contributed by atoms with Gasteiger partial charge < -0.3 is 0 Å². The molecule has 0 aromatic carbocycles. The number of aryl methyl sites for hydroxylation is 1. The molecule has 2 heterocycles. The van der Waals surface area contributed by atoms with Gasteiger partial charge in [0.2, 0.25) is 0 Å². The van der Waals surface area contributed by atoms with E-state index >= 15 is 0 Å². The van der Waals surface area contributed by atoms with Crippen LogP contribution >= 0.6 is 0 Å². The fraction of sp³-hybridized carbons (Fsp3) is 0.533. The predicted molar refractivity (Wildman–Crippen MR) is 68.5 cm³/mol. The minimum absolute atomic E-state index is 0.771. The van der Waals surface area contributed by atoms with Crippen LogP contribution in [0.15, 0.2) is 18.2 Å². The third-order valence-corrected chi connectivity index (χ3v) is 4.42. The van der Waals surface area contributed by atoms with E-state index in [2.05, 4.69) is 29.6 Å². The molecule has 2 aliphatic rings. The highest BCUT2D eigenvalue weighted by atomic mass is 15.2. The van der Waals surface area contributed by atoms with E-state index < -0.39 is 0 Å². The quantitative estimate of drug-likeness (QED) is 0.761. The smallest absolute Gasteiger partial charge is 0.0702 e. The van der Waals surface area contributed by atoms with Crippen LogP contribution in [-0.2, 0) is 0 Å². The zero-order valence-electron chi connectivity index (χ0n) is 10.3. The Balaban J connectivity index is 1.94. The summed E-state index contributed by atoms with van der Waals surface area (Å²) in [6.45, 7) is 2.18. The van der Waals surface area contributed by atoms with Gasteiger partial charge in [-0.05, 0) is 50.7 Å². The van der Waals surface area contributed by atoms with Crippen LogP contribution in [0.2, 0.25) is 0 Å². The van der Waals surface area contributed by atoms with E-state index in [0.717, 1.165) is 11.8 Å². The number of aromatic nitrogens is 2. The molecule has 2 heteroatoms. The molecule has 0 aliphatic heterocycles. The second-order valence-corrected chi connectivity index (χ2v) is 5.65. The summed E-state index contributed by atoms with van der Waals surface area (Å²) in [5, 5.41) is 4.79. The zero-order chi connectivity index (χ0) is 11.4. The highest BCUT2D eigenvalue weighted by Gasteiger charge is 2.29. The van der Waals surface area contributed by atoms with Gasteiger partial charge >= 0.3 is 0 Å². The maximum atomic E-state index is 4.79. The van der Waals surface area contributed by atoms with E-state index in [1.165, 1.54) is 54.6 Å². The molecule has 0 amide bonds. The van der Waals surface area contributed by atoms with Crippen LogP contribution in [0.25, 0.3) is 5.52 Å². The Morgan fingerprint density at radius 2 is 1.94 bits per heavy atom. The lowest BCUT2D eigenvalue weighted by molar-refractivity contribution is 0.420. The second kappa shape index (κ2) is 3.34. The largest absolute Gasteiger partial charge is 0.237 e. The van der Waals surface area contributed by atoms with Crippen molar-refractivity contribution in [2.24, 2.45) is 0 Å². The summed E-state index contributed by atoms with van der Waals surface area (Å²) in [5.41, 5.74) is 5.58. The Morgan fingerprint density at radius 3 is 2.59 bits per heavy atom. The van der Waals surface area contributed by atoms with Crippen molar-refractivity contribution >= 4 is 5.52 Å². The predicted octanol–water partition coefficient (Wildman–Crippen LogP) is 3.79. The summed E-state index contributed by atoms with van der Waals surface area (Å²) in [5.74, 6) is 1.55. The third-order valence-electron chi connectivity index (χ3n) is 4.42. The van der Waals surface area contributed by atoms with Gasteiger partial charge in [-0.1, -0.05) is 12.5 Å². The molecule has 2 nitrogen and oxygen atoms in total. The van der Waals surface area contributed by atoms with Crippen molar-refractivity contribution in [2.75, 3.05) is 0 Å². The van der Waals surface area contributed by atoms with Crippen molar-refractivity contribution in [1.29, 1.82) is 0 Å². The van der Waals surface area contributed by atoms with Crippen molar-refractivity contribution in [3.8, 4) is 0 Å². The summed E-state index contributed by atoms with van der Waals surface area (Å²) in [7, 11) is 0. The third kappa shape index (κ3) is 1.36. The van der Waals surface area contributed by atoms with E-state index in [0.29, 0.717) is 0 Å². The topological polar surface area (TPSA) is 17.3 Å². The van der Waals surface area contributed by atoms with Gasteiger partial charge in [-0.3, -0.25) is 0 Å². The van der Waals surface area contributed by atoms with Gasteiger partial charge in [0.05, 0.1) is 11.2 Å². The number of hydrogen-bond donors (Lipinski definition) is 0. The van der Waals surface area contributed by atoms with Crippen molar-refractivity contribution in [3.63, 3.8) is 0 Å². The molecule has 0 atom stereocenters. The Kier molecular flexibility index (Phi) is 1.91. The molecule has 2 aromatic rings. The number of pyridine rings is 1. The molecule has 0 bridgehead atoms. The molecule has 0 N–H and O–H groups in total. The first-order chi connectivity index (χ1) is 8.34. The lowest BCUT2D eigenvalue weighted by Gasteiger charge is -2.25. The lowest BCUT2D eigenvalue weighted by Crippen LogP contribution is -2.09. The Morgan fingerprint density at radius 1 is 1.12 bits per heavy atom. The summed E-state index contributed by atoms with van der Waals surface area (Å²) in [4.78, 5) is 0. The molecule has 0 radical (unpaired) electrons. The first kappa shape index (κ1) is 9.69. The molecule has 17 heavy (non-hydrogen) atoms. The summed E-state index contributed by atoms with van der Waals surface area (Å²) >= 11 is 0. The van der Waals surface area contributed by atoms with Gasteiger partial charge in [-0.2, -0.15) is 5.10 Å². The monoisotopic (exact) mass is 226 g/mol. The highest BCUT2D eigenvalue weighted by molar-refractivity contribution is 5.59. The van der Waals surface area contributed by atoms with Crippen LogP contribution in [0.1, 0.15) is 60.9 Å². The van der Waals surface area contributed by atoms with E-state index in [1.54, 1.807) is 0 Å². The van der Waals surface area contributed by atoms with Crippen LogP contribution in [-0.4, -0.2) is 9.61 Å². The van der Waals surface area contributed by atoms with Crippen LogP contribution in [0, 0.1) is 6.92 Å². The average molecular weight is 226 g/mol. The van der Waals surface area contributed by atoms with Crippen LogP contribution in [0.4, 0.5) is 0 Å². The molecular formula is C15H18N2. The van der Waals surface area contributed by atoms with Crippen molar-refractivity contribution < 1.29 is 0 Å². The van der Waals surface area contributed by atoms with Crippen molar-refractivity contribution in [1.82, 2.24) is 9.61 Å². The van der Waals surface area contributed by atoms with Crippen LogP contribution < -0.4 is 0 Å². The molecule has 2 aromatic heterocycles. The first-order valence-corrected chi connectivity index (χ1v) is 6.83. The minimum atomic E-state index is 0.771. The van der Waals surface area contributed by atoms with E-state index in [1.807, 2.05) is 0 Å². The maximum Gasteiger partial charge on any atom is 0.0702 e. The Hall–Kier alpha value is -1.31. The fourth-order valence-corrected chi connectivity index (χ4v) is 3.11. The normalized spacial score (nSPS) is 20.8. The van der Waals surface area contributed by atoms with Gasteiger partial charge in [0.1, 0.15) is 0 Å². The van der Waals surface area contributed by atoms with Gasteiger partial charge in [0.25, 0.3) is 0 Å². The maximum absolute atomic E-state index is 4.79. The minimum Gasteiger partial charge on any atom is -0.237 e. The van der Waals surface area contributed by atoms with E-state index in [-0.39, 0.29) is 0 Å². The average Bonchev–Trinajstić information content (AvgIpc) is 3.03. The van der Waals surface area contributed by atoms with Gasteiger partial charge in [-0.25, -0.2) is 4.52 Å². The zero-order valence-corrected chi connectivity index (χ0v) is 10.3. The first-order valence-electron chi connectivity index (χ1n) is 6.83. The molecular weight excluding hydrogens is 208 g/mol. The van der Waals surface area contributed by atoms with Gasteiger partial charge in [0.15, 0.2) is 0 Å². The summed E-state index contributed by atoms with van der Waals surface area (Å²) in [6.07, 6.45) is 6.79.